The van der Waals surface area contributed by atoms with Crippen LogP contribution in [0.2, 0.25) is 0 Å². The van der Waals surface area contributed by atoms with Crippen LogP contribution in [-0.2, 0) is 6.42 Å². The predicted molar refractivity (Wildman–Crippen MR) is 77.1 cm³/mol. The van der Waals surface area contributed by atoms with Gasteiger partial charge in [-0.05, 0) is 24.6 Å². The Labute approximate surface area is 124 Å². The van der Waals surface area contributed by atoms with Crippen LogP contribution in [0.15, 0.2) is 27.1 Å². The fraction of sp³-hybridized carbons (Fsp3) is 0.286. The molecule has 2 rings (SSSR count). The minimum absolute atomic E-state index is 0.105. The highest BCUT2D eigenvalue weighted by atomic mass is 79.9. The highest BCUT2D eigenvalue weighted by Crippen LogP contribution is 2.33. The minimum atomic E-state index is -1.11. The summed E-state index contributed by atoms with van der Waals surface area (Å²) >= 11 is 3.35. The van der Waals surface area contributed by atoms with Crippen molar-refractivity contribution >= 4 is 21.9 Å². The quantitative estimate of drug-likeness (QED) is 0.897. The van der Waals surface area contributed by atoms with E-state index in [0.29, 0.717) is 23.4 Å². The number of aromatic carboxylic acids is 1. The Balaban J connectivity index is 2.53. The van der Waals surface area contributed by atoms with Gasteiger partial charge in [-0.25, -0.2) is 9.78 Å². The molecular weight excluding hydrogens is 326 g/mol. The summed E-state index contributed by atoms with van der Waals surface area (Å²) in [6.45, 7) is 1.96. The molecule has 1 aromatic carbocycles. The first-order valence-corrected chi connectivity index (χ1v) is 6.93. The number of carboxylic acid groups (broad SMARTS) is 1. The van der Waals surface area contributed by atoms with Crippen LogP contribution < -0.4 is 4.74 Å². The Kier molecular flexibility index (Phi) is 4.44. The first kappa shape index (κ1) is 14.6. The number of aromatic nitrogens is 1. The standard InChI is InChI=1S/C14H14BrNO4/c1-3-4-10-12(14(17)18)20-13(16-10)9-6-5-8(15)7-11(9)19-2/h5-7H,3-4H2,1-2H3,(H,17,18). The number of ether oxygens (including phenoxy) is 1. The predicted octanol–water partition coefficient (Wildman–Crippen LogP) is 3.76. The molecule has 106 valence electrons. The molecule has 1 N–H and O–H groups in total. The minimum Gasteiger partial charge on any atom is -0.496 e. The summed E-state index contributed by atoms with van der Waals surface area (Å²) in [4.78, 5) is 15.5. The van der Waals surface area contributed by atoms with Crippen LogP contribution in [-0.4, -0.2) is 23.2 Å². The van der Waals surface area contributed by atoms with Crippen LogP contribution in [0.3, 0.4) is 0 Å². The van der Waals surface area contributed by atoms with Crippen LogP contribution in [0.4, 0.5) is 0 Å². The lowest BCUT2D eigenvalue weighted by molar-refractivity contribution is 0.0661. The van der Waals surface area contributed by atoms with Gasteiger partial charge in [0, 0.05) is 4.47 Å². The zero-order chi connectivity index (χ0) is 14.7. The molecule has 0 saturated carbocycles. The molecule has 1 aromatic heterocycles. The molecule has 0 spiro atoms. The van der Waals surface area contributed by atoms with Crippen molar-refractivity contribution in [3.63, 3.8) is 0 Å². The van der Waals surface area contributed by atoms with Crippen molar-refractivity contribution in [1.82, 2.24) is 4.98 Å². The molecule has 0 fully saturated rings. The summed E-state index contributed by atoms with van der Waals surface area (Å²) < 4.78 is 11.5. The van der Waals surface area contributed by atoms with Gasteiger partial charge in [0.2, 0.25) is 11.7 Å². The second-order valence-corrected chi connectivity index (χ2v) is 5.11. The maximum absolute atomic E-state index is 11.2. The van der Waals surface area contributed by atoms with E-state index in [2.05, 4.69) is 20.9 Å². The van der Waals surface area contributed by atoms with Crippen molar-refractivity contribution in [2.24, 2.45) is 0 Å². The molecule has 0 unspecified atom stereocenters. The van der Waals surface area contributed by atoms with Gasteiger partial charge in [0.1, 0.15) is 5.75 Å². The third-order valence-electron chi connectivity index (χ3n) is 2.77. The van der Waals surface area contributed by atoms with E-state index >= 15 is 0 Å². The summed E-state index contributed by atoms with van der Waals surface area (Å²) in [5, 5.41) is 9.15. The van der Waals surface area contributed by atoms with Gasteiger partial charge in [-0.3, -0.25) is 0 Å². The Morgan fingerprint density at radius 1 is 1.50 bits per heavy atom. The highest BCUT2D eigenvalue weighted by Gasteiger charge is 2.21. The molecule has 0 aliphatic carbocycles. The third kappa shape index (κ3) is 2.85. The van der Waals surface area contributed by atoms with Gasteiger partial charge in [0.25, 0.3) is 0 Å². The number of aryl methyl sites for hydroxylation is 1. The lowest BCUT2D eigenvalue weighted by Crippen LogP contribution is -1.99. The zero-order valence-corrected chi connectivity index (χ0v) is 12.7. The molecule has 0 bridgehead atoms. The van der Waals surface area contributed by atoms with E-state index in [-0.39, 0.29) is 11.7 Å². The molecule has 0 amide bonds. The summed E-state index contributed by atoms with van der Waals surface area (Å²) in [7, 11) is 1.54. The summed E-state index contributed by atoms with van der Waals surface area (Å²) in [6, 6.07) is 5.37. The maximum atomic E-state index is 11.2. The van der Waals surface area contributed by atoms with Crippen LogP contribution in [0.5, 0.6) is 5.75 Å². The fourth-order valence-corrected chi connectivity index (χ4v) is 2.22. The van der Waals surface area contributed by atoms with Gasteiger partial charge in [-0.2, -0.15) is 0 Å². The summed E-state index contributed by atoms with van der Waals surface area (Å²) in [5.74, 6) is -0.383. The molecular formula is C14H14BrNO4. The smallest absolute Gasteiger partial charge is 0.373 e. The van der Waals surface area contributed by atoms with E-state index in [1.807, 2.05) is 13.0 Å². The number of rotatable bonds is 5. The zero-order valence-electron chi connectivity index (χ0n) is 11.1. The highest BCUT2D eigenvalue weighted by molar-refractivity contribution is 9.10. The first-order chi connectivity index (χ1) is 9.56. The molecule has 0 saturated heterocycles. The van der Waals surface area contributed by atoms with Crippen molar-refractivity contribution in [1.29, 1.82) is 0 Å². The lowest BCUT2D eigenvalue weighted by atomic mass is 10.2. The van der Waals surface area contributed by atoms with Gasteiger partial charge in [0.15, 0.2) is 0 Å². The van der Waals surface area contributed by atoms with E-state index in [1.165, 1.54) is 0 Å². The van der Waals surface area contributed by atoms with Crippen molar-refractivity contribution in [3.05, 3.63) is 34.1 Å². The maximum Gasteiger partial charge on any atom is 0.373 e. The molecule has 0 aliphatic rings. The van der Waals surface area contributed by atoms with Gasteiger partial charge in [-0.1, -0.05) is 29.3 Å². The molecule has 0 atom stereocenters. The number of nitrogens with zero attached hydrogens (tertiary/aromatic N) is 1. The third-order valence-corrected chi connectivity index (χ3v) is 3.27. The van der Waals surface area contributed by atoms with Crippen molar-refractivity contribution < 1.29 is 19.1 Å². The number of halogens is 1. The number of hydrogen-bond donors (Lipinski definition) is 1. The van der Waals surface area contributed by atoms with Crippen molar-refractivity contribution in [2.45, 2.75) is 19.8 Å². The fourth-order valence-electron chi connectivity index (χ4n) is 1.88. The number of carboxylic acids is 1. The van der Waals surface area contributed by atoms with Gasteiger partial charge in [0.05, 0.1) is 18.4 Å². The van der Waals surface area contributed by atoms with Gasteiger partial charge >= 0.3 is 5.97 Å². The van der Waals surface area contributed by atoms with E-state index in [9.17, 15) is 4.79 Å². The van der Waals surface area contributed by atoms with E-state index < -0.39 is 5.97 Å². The molecule has 6 heteroatoms. The van der Waals surface area contributed by atoms with E-state index in [4.69, 9.17) is 14.3 Å². The second kappa shape index (κ2) is 6.09. The van der Waals surface area contributed by atoms with Crippen molar-refractivity contribution in [3.8, 4) is 17.2 Å². The van der Waals surface area contributed by atoms with Gasteiger partial charge in [-0.15, -0.1) is 0 Å². The van der Waals surface area contributed by atoms with Gasteiger partial charge < -0.3 is 14.3 Å². The van der Waals surface area contributed by atoms with Crippen molar-refractivity contribution in [2.75, 3.05) is 7.11 Å². The SMILES string of the molecule is CCCc1nc(-c2ccc(Br)cc2OC)oc1C(=O)O. The number of methoxy groups -OCH3 is 1. The number of hydrogen-bond acceptors (Lipinski definition) is 4. The molecule has 0 aliphatic heterocycles. The van der Waals surface area contributed by atoms with Crippen LogP contribution in [0.1, 0.15) is 29.6 Å². The number of carbonyl (C=O) groups is 1. The number of oxazole rings is 1. The molecule has 20 heavy (non-hydrogen) atoms. The van der Waals surface area contributed by atoms with Crippen LogP contribution in [0, 0.1) is 0 Å². The topological polar surface area (TPSA) is 72.6 Å². The Morgan fingerprint density at radius 3 is 2.85 bits per heavy atom. The average Bonchev–Trinajstić information content (AvgIpc) is 2.83. The van der Waals surface area contributed by atoms with Crippen LogP contribution >= 0.6 is 15.9 Å². The Hall–Kier alpha value is -1.82. The second-order valence-electron chi connectivity index (χ2n) is 4.19. The average molecular weight is 340 g/mol. The Morgan fingerprint density at radius 2 is 2.25 bits per heavy atom. The number of benzene rings is 1. The summed E-state index contributed by atoms with van der Waals surface area (Å²) in [6.07, 6.45) is 1.35. The van der Waals surface area contributed by atoms with E-state index in [0.717, 1.165) is 10.9 Å². The van der Waals surface area contributed by atoms with E-state index in [1.54, 1.807) is 19.2 Å². The monoisotopic (exact) mass is 339 g/mol. The molecule has 0 radical (unpaired) electrons. The summed E-state index contributed by atoms with van der Waals surface area (Å²) in [5.41, 5.74) is 1.08. The largest absolute Gasteiger partial charge is 0.496 e. The molecule has 1 heterocycles. The lowest BCUT2D eigenvalue weighted by Gasteiger charge is -2.05. The first-order valence-electron chi connectivity index (χ1n) is 6.13. The molecule has 5 nitrogen and oxygen atoms in total. The molecule has 2 aromatic rings. The van der Waals surface area contributed by atoms with Crippen LogP contribution in [0.25, 0.3) is 11.5 Å². The normalized spacial score (nSPS) is 10.6. The Bertz CT molecular complexity index is 636.